The first-order valence-electron chi connectivity index (χ1n) is 3.24. The minimum Gasteiger partial charge on any atom is -0.463 e. The van der Waals surface area contributed by atoms with Crippen LogP contribution in [0.2, 0.25) is 0 Å². The summed E-state index contributed by atoms with van der Waals surface area (Å²) in [5.74, 6) is -0.403. The number of carbonyl (C=O) groups is 1. The molecule has 0 aromatic carbocycles. The second kappa shape index (κ2) is 6.80. The molecule has 0 saturated carbocycles. The highest BCUT2D eigenvalue weighted by Gasteiger charge is 1.90. The molecule has 0 rings (SSSR count). The molecule has 1 radical (unpaired) electrons. The van der Waals surface area contributed by atoms with Crippen LogP contribution in [-0.2, 0) is 14.3 Å². The molecule has 1 N–H and O–H groups in total. The first-order chi connectivity index (χ1) is 5.31. The second-order valence-corrected chi connectivity index (χ2v) is 1.64. The largest absolute Gasteiger partial charge is 0.463 e. The van der Waals surface area contributed by atoms with Gasteiger partial charge in [-0.1, -0.05) is 6.08 Å². The van der Waals surface area contributed by atoms with Gasteiger partial charge in [0.15, 0.2) is 0 Å². The molecule has 61 valence electrons. The number of hydrogen-bond acceptors (Lipinski definition) is 3. The Balaban J connectivity index is 3.39. The Morgan fingerprint density at radius 2 is 2.45 bits per heavy atom. The molecule has 4 nitrogen and oxygen atoms in total. The Kier molecular flexibility index (Phi) is 5.98. The Labute approximate surface area is 65.2 Å². The van der Waals surface area contributed by atoms with E-state index >= 15 is 0 Å². The number of rotatable bonds is 5. The first kappa shape index (κ1) is 9.68. The lowest BCUT2D eigenvalue weighted by Crippen LogP contribution is -2.10. The molecule has 0 heterocycles. The fraction of sp³-hybridized carbons (Fsp3) is 0.429. The van der Waals surface area contributed by atoms with Gasteiger partial charge < -0.3 is 10.1 Å². The van der Waals surface area contributed by atoms with Gasteiger partial charge in [-0.05, 0) is 6.92 Å². The van der Waals surface area contributed by atoms with E-state index in [0.717, 1.165) is 0 Å². The van der Waals surface area contributed by atoms with Gasteiger partial charge in [-0.15, -0.1) is 0 Å². The van der Waals surface area contributed by atoms with E-state index in [1.165, 1.54) is 18.6 Å². The maximum Gasteiger partial charge on any atom is 0.330 e. The van der Waals surface area contributed by atoms with Gasteiger partial charge in [-0.2, -0.15) is 0 Å². The molecule has 0 unspecified atom stereocenters. The van der Waals surface area contributed by atoms with Crippen LogP contribution < -0.4 is 5.32 Å². The third kappa shape index (κ3) is 6.57. The van der Waals surface area contributed by atoms with E-state index in [9.17, 15) is 9.59 Å². The quantitative estimate of drug-likeness (QED) is 0.259. The minimum absolute atomic E-state index is 0.294. The molecule has 11 heavy (non-hydrogen) atoms. The Hall–Kier alpha value is -1.32. The highest BCUT2D eigenvalue weighted by atomic mass is 16.5. The maximum atomic E-state index is 10.6. The zero-order chi connectivity index (χ0) is 8.53. The van der Waals surface area contributed by atoms with Gasteiger partial charge in [0.2, 0.25) is 0 Å². The van der Waals surface area contributed by atoms with Crippen molar-refractivity contribution in [3.63, 3.8) is 0 Å². The van der Waals surface area contributed by atoms with Crippen molar-refractivity contribution < 1.29 is 14.3 Å². The summed E-state index contributed by atoms with van der Waals surface area (Å²) in [5, 5.41) is 2.25. The molecule has 0 aliphatic heterocycles. The van der Waals surface area contributed by atoms with E-state index in [1.807, 2.05) is 0 Å². The van der Waals surface area contributed by atoms with Gasteiger partial charge in [0, 0.05) is 12.6 Å². The van der Waals surface area contributed by atoms with Crippen molar-refractivity contribution >= 4 is 12.4 Å². The number of carbonyl (C=O) groups excluding carboxylic acids is 2. The van der Waals surface area contributed by atoms with E-state index in [2.05, 4.69) is 10.1 Å². The number of ether oxygens (including phenoxy) is 1. The summed E-state index contributed by atoms with van der Waals surface area (Å²) in [4.78, 5) is 20.2. The van der Waals surface area contributed by atoms with E-state index in [4.69, 9.17) is 0 Å². The molecule has 0 spiro atoms. The summed E-state index contributed by atoms with van der Waals surface area (Å²) < 4.78 is 4.57. The van der Waals surface area contributed by atoms with Gasteiger partial charge >= 0.3 is 12.4 Å². The standard InChI is InChI=1S/C7H10NO3/c1-2-11-7(10)4-3-5-8-6-9/h3-4H,2,5H2,1H3,(H,8,9). The molecule has 0 aliphatic rings. The molecule has 4 heteroatoms. The van der Waals surface area contributed by atoms with Crippen LogP contribution in [0.1, 0.15) is 6.92 Å². The fourth-order valence-corrected chi connectivity index (χ4v) is 0.446. The molecule has 0 aromatic rings. The lowest BCUT2D eigenvalue weighted by Gasteiger charge is -1.93. The van der Waals surface area contributed by atoms with Crippen molar-refractivity contribution in [1.29, 1.82) is 0 Å². The van der Waals surface area contributed by atoms with Crippen LogP contribution in [0.4, 0.5) is 0 Å². The first-order valence-corrected chi connectivity index (χ1v) is 3.24. The Bertz CT molecular complexity index is 154. The third-order valence-corrected chi connectivity index (χ3v) is 0.833. The molecule has 0 bridgehead atoms. The van der Waals surface area contributed by atoms with Crippen LogP contribution >= 0.6 is 0 Å². The molecule has 0 aromatic heterocycles. The predicted molar refractivity (Wildman–Crippen MR) is 39.5 cm³/mol. The van der Waals surface area contributed by atoms with Gasteiger partial charge in [0.05, 0.1) is 6.61 Å². The van der Waals surface area contributed by atoms with E-state index in [1.54, 1.807) is 6.92 Å². The number of esters is 1. The van der Waals surface area contributed by atoms with Crippen molar-refractivity contribution in [1.82, 2.24) is 5.32 Å². The van der Waals surface area contributed by atoms with Crippen LogP contribution in [0.5, 0.6) is 0 Å². The minimum atomic E-state index is -0.403. The Morgan fingerprint density at radius 1 is 1.73 bits per heavy atom. The predicted octanol–water partition coefficient (Wildman–Crippen LogP) is -0.237. The van der Waals surface area contributed by atoms with Gasteiger partial charge in [0.1, 0.15) is 0 Å². The summed E-state index contributed by atoms with van der Waals surface area (Å²) >= 11 is 0. The zero-order valence-electron chi connectivity index (χ0n) is 6.29. The average molecular weight is 156 g/mol. The highest BCUT2D eigenvalue weighted by molar-refractivity contribution is 5.81. The number of amides is 1. The molecule has 0 fully saturated rings. The van der Waals surface area contributed by atoms with Gasteiger partial charge in [-0.25, -0.2) is 4.79 Å². The smallest absolute Gasteiger partial charge is 0.330 e. The van der Waals surface area contributed by atoms with Crippen molar-refractivity contribution in [3.05, 3.63) is 12.2 Å². The summed E-state index contributed by atoms with van der Waals surface area (Å²) in [7, 11) is 0. The van der Waals surface area contributed by atoms with Crippen molar-refractivity contribution in [3.8, 4) is 0 Å². The third-order valence-electron chi connectivity index (χ3n) is 0.833. The van der Waals surface area contributed by atoms with Crippen LogP contribution in [0.3, 0.4) is 0 Å². The highest BCUT2D eigenvalue weighted by Crippen LogP contribution is 1.79. The lowest BCUT2D eigenvalue weighted by molar-refractivity contribution is -0.137. The zero-order valence-corrected chi connectivity index (χ0v) is 6.29. The summed E-state index contributed by atoms with van der Waals surface area (Å²) in [6.45, 7) is 2.38. The molecular formula is C7H10NO3. The lowest BCUT2D eigenvalue weighted by atomic mass is 10.5. The number of nitrogens with one attached hydrogen (secondary N) is 1. The molecule has 1 amide bonds. The van der Waals surface area contributed by atoms with E-state index in [-0.39, 0.29) is 0 Å². The summed E-state index contributed by atoms with van der Waals surface area (Å²) in [6.07, 6.45) is 4.22. The van der Waals surface area contributed by atoms with Crippen LogP contribution in [0, 0.1) is 0 Å². The van der Waals surface area contributed by atoms with Crippen molar-refractivity contribution in [2.75, 3.05) is 13.2 Å². The SMILES string of the molecule is CCOC(=O)C=CCN[C]=O. The molecule has 0 saturated heterocycles. The average Bonchev–Trinajstić information content (AvgIpc) is 1.99. The van der Waals surface area contributed by atoms with Crippen LogP contribution in [-0.4, -0.2) is 25.5 Å². The summed E-state index contributed by atoms with van der Waals surface area (Å²) in [5.41, 5.74) is 0. The second-order valence-electron chi connectivity index (χ2n) is 1.64. The normalized spacial score (nSPS) is 9.55. The van der Waals surface area contributed by atoms with E-state index in [0.29, 0.717) is 13.2 Å². The fourth-order valence-electron chi connectivity index (χ4n) is 0.446. The van der Waals surface area contributed by atoms with Gasteiger partial charge in [0.25, 0.3) is 0 Å². The topological polar surface area (TPSA) is 55.4 Å². The van der Waals surface area contributed by atoms with Gasteiger partial charge in [-0.3, -0.25) is 4.79 Å². The molecular weight excluding hydrogens is 146 g/mol. The molecule has 0 atom stereocenters. The summed E-state index contributed by atoms with van der Waals surface area (Å²) in [6, 6.07) is 0. The van der Waals surface area contributed by atoms with Crippen molar-refractivity contribution in [2.45, 2.75) is 6.92 Å². The van der Waals surface area contributed by atoms with E-state index < -0.39 is 5.97 Å². The number of hydrogen-bond donors (Lipinski definition) is 1. The molecule has 0 aliphatic carbocycles. The maximum absolute atomic E-state index is 10.6. The monoisotopic (exact) mass is 156 g/mol. The van der Waals surface area contributed by atoms with Crippen LogP contribution in [0.25, 0.3) is 0 Å². The van der Waals surface area contributed by atoms with Crippen molar-refractivity contribution in [2.24, 2.45) is 0 Å². The van der Waals surface area contributed by atoms with Crippen LogP contribution in [0.15, 0.2) is 12.2 Å². The Morgan fingerprint density at radius 3 is 3.00 bits per heavy atom.